The zero-order valence-corrected chi connectivity index (χ0v) is 9.71. The standard InChI is InChI=1S/C13H12N4O/c14-13(18)12-9(2-1-5-15-12)11-7-16-10(6-17-11)8-3-4-8/h1-2,5-8H,3-4H2,(H2,14,18). The molecule has 90 valence electrons. The summed E-state index contributed by atoms with van der Waals surface area (Å²) < 4.78 is 0. The van der Waals surface area contributed by atoms with Gasteiger partial charge in [-0.25, -0.2) is 0 Å². The maximum atomic E-state index is 11.3. The molecule has 2 N–H and O–H groups in total. The molecule has 2 heterocycles. The van der Waals surface area contributed by atoms with Gasteiger partial charge in [-0.1, -0.05) is 0 Å². The molecule has 1 saturated carbocycles. The molecule has 1 fully saturated rings. The zero-order valence-electron chi connectivity index (χ0n) is 9.71. The van der Waals surface area contributed by atoms with Gasteiger partial charge in [-0.15, -0.1) is 0 Å². The predicted molar refractivity (Wildman–Crippen MR) is 65.8 cm³/mol. The first kappa shape index (κ1) is 10.8. The van der Waals surface area contributed by atoms with Crippen molar-refractivity contribution in [2.24, 2.45) is 5.73 Å². The van der Waals surface area contributed by atoms with Gasteiger partial charge in [-0.2, -0.15) is 0 Å². The summed E-state index contributed by atoms with van der Waals surface area (Å²) in [6.45, 7) is 0. The van der Waals surface area contributed by atoms with Crippen molar-refractivity contribution in [3.8, 4) is 11.3 Å². The molecule has 0 saturated heterocycles. The molecular formula is C13H12N4O. The lowest BCUT2D eigenvalue weighted by molar-refractivity contribution is 0.0996. The average molecular weight is 240 g/mol. The summed E-state index contributed by atoms with van der Waals surface area (Å²) >= 11 is 0. The molecule has 0 bridgehead atoms. The molecule has 0 spiro atoms. The first-order chi connectivity index (χ1) is 8.75. The van der Waals surface area contributed by atoms with Crippen molar-refractivity contribution in [2.45, 2.75) is 18.8 Å². The summed E-state index contributed by atoms with van der Waals surface area (Å²) in [5.74, 6) is 0.00901. The average Bonchev–Trinajstić information content (AvgIpc) is 3.23. The lowest BCUT2D eigenvalue weighted by atomic mass is 10.1. The van der Waals surface area contributed by atoms with Crippen molar-refractivity contribution < 1.29 is 4.79 Å². The number of carbonyl (C=O) groups excluding carboxylic acids is 1. The Kier molecular flexibility index (Phi) is 2.51. The Morgan fingerprint density at radius 1 is 1.22 bits per heavy atom. The van der Waals surface area contributed by atoms with Crippen LogP contribution in [0.25, 0.3) is 11.3 Å². The van der Waals surface area contributed by atoms with Crippen LogP contribution < -0.4 is 5.73 Å². The highest BCUT2D eigenvalue weighted by atomic mass is 16.1. The van der Waals surface area contributed by atoms with Crippen molar-refractivity contribution in [1.29, 1.82) is 0 Å². The van der Waals surface area contributed by atoms with Gasteiger partial charge in [-0.3, -0.25) is 19.7 Å². The Morgan fingerprint density at radius 2 is 2.06 bits per heavy atom. The van der Waals surface area contributed by atoms with Gasteiger partial charge in [0.25, 0.3) is 5.91 Å². The van der Waals surface area contributed by atoms with Crippen LogP contribution in [0.15, 0.2) is 30.7 Å². The molecule has 1 amide bonds. The quantitative estimate of drug-likeness (QED) is 0.881. The van der Waals surface area contributed by atoms with Crippen molar-refractivity contribution in [2.75, 3.05) is 0 Å². The summed E-state index contributed by atoms with van der Waals surface area (Å²) in [6.07, 6.45) is 7.36. The van der Waals surface area contributed by atoms with Gasteiger partial charge in [-0.05, 0) is 25.0 Å². The number of nitrogens with zero attached hydrogens (tertiary/aromatic N) is 3. The first-order valence-electron chi connectivity index (χ1n) is 5.83. The minimum absolute atomic E-state index is 0.228. The minimum atomic E-state index is -0.557. The Morgan fingerprint density at radius 3 is 2.67 bits per heavy atom. The molecule has 0 radical (unpaired) electrons. The third-order valence-corrected chi connectivity index (χ3v) is 2.98. The van der Waals surface area contributed by atoms with E-state index in [9.17, 15) is 4.79 Å². The largest absolute Gasteiger partial charge is 0.364 e. The maximum absolute atomic E-state index is 11.3. The molecule has 1 aliphatic rings. The van der Waals surface area contributed by atoms with E-state index in [1.165, 1.54) is 19.0 Å². The molecule has 5 nitrogen and oxygen atoms in total. The first-order valence-corrected chi connectivity index (χ1v) is 5.83. The van der Waals surface area contributed by atoms with Gasteiger partial charge in [0, 0.05) is 23.9 Å². The molecule has 1 aliphatic carbocycles. The van der Waals surface area contributed by atoms with E-state index in [4.69, 9.17) is 5.73 Å². The Balaban J connectivity index is 2.01. The fourth-order valence-electron chi connectivity index (χ4n) is 1.88. The number of primary amides is 1. The number of amides is 1. The van der Waals surface area contributed by atoms with E-state index < -0.39 is 5.91 Å². The minimum Gasteiger partial charge on any atom is -0.364 e. The molecule has 0 unspecified atom stereocenters. The van der Waals surface area contributed by atoms with Gasteiger partial charge < -0.3 is 5.73 Å². The summed E-state index contributed by atoms with van der Waals surface area (Å²) in [7, 11) is 0. The molecule has 0 aliphatic heterocycles. The van der Waals surface area contributed by atoms with E-state index in [-0.39, 0.29) is 5.69 Å². The summed E-state index contributed by atoms with van der Waals surface area (Å²) in [5, 5.41) is 0. The van der Waals surface area contributed by atoms with Gasteiger partial charge in [0.1, 0.15) is 5.69 Å². The van der Waals surface area contributed by atoms with E-state index in [1.54, 1.807) is 24.5 Å². The number of hydrogen-bond donors (Lipinski definition) is 1. The summed E-state index contributed by atoms with van der Waals surface area (Å²) in [5.41, 5.74) is 7.79. The fraction of sp³-hybridized carbons (Fsp3) is 0.231. The van der Waals surface area contributed by atoms with E-state index in [2.05, 4.69) is 15.0 Å². The van der Waals surface area contributed by atoms with E-state index in [0.29, 0.717) is 17.2 Å². The third-order valence-electron chi connectivity index (χ3n) is 2.98. The second-order valence-corrected chi connectivity index (χ2v) is 4.36. The van der Waals surface area contributed by atoms with Crippen LogP contribution in [0.4, 0.5) is 0 Å². The van der Waals surface area contributed by atoms with E-state index in [0.717, 1.165) is 5.69 Å². The normalized spacial score (nSPS) is 14.4. The van der Waals surface area contributed by atoms with Crippen LogP contribution in [0.1, 0.15) is 34.9 Å². The lowest BCUT2D eigenvalue weighted by Crippen LogP contribution is -2.14. The van der Waals surface area contributed by atoms with Crippen LogP contribution >= 0.6 is 0 Å². The highest BCUT2D eigenvalue weighted by Gasteiger charge is 2.25. The Hall–Kier alpha value is -2.30. The molecule has 18 heavy (non-hydrogen) atoms. The van der Waals surface area contributed by atoms with Crippen molar-refractivity contribution >= 4 is 5.91 Å². The molecule has 2 aromatic rings. The van der Waals surface area contributed by atoms with Gasteiger partial charge >= 0.3 is 0 Å². The van der Waals surface area contributed by atoms with Crippen LogP contribution in [0.3, 0.4) is 0 Å². The summed E-state index contributed by atoms with van der Waals surface area (Å²) in [4.78, 5) is 24.0. The second-order valence-electron chi connectivity index (χ2n) is 4.36. The number of nitrogens with two attached hydrogens (primary N) is 1. The second kappa shape index (κ2) is 4.18. The highest BCUT2D eigenvalue weighted by Crippen LogP contribution is 2.38. The van der Waals surface area contributed by atoms with Gasteiger partial charge in [0.05, 0.1) is 17.6 Å². The van der Waals surface area contributed by atoms with E-state index in [1.807, 2.05) is 0 Å². The summed E-state index contributed by atoms with van der Waals surface area (Å²) in [6, 6.07) is 3.52. The van der Waals surface area contributed by atoms with Crippen molar-refractivity contribution in [1.82, 2.24) is 15.0 Å². The van der Waals surface area contributed by atoms with Gasteiger partial charge in [0.15, 0.2) is 0 Å². The highest BCUT2D eigenvalue weighted by molar-refractivity contribution is 5.97. The molecule has 3 rings (SSSR count). The smallest absolute Gasteiger partial charge is 0.268 e. The predicted octanol–water partition coefficient (Wildman–Crippen LogP) is 1.51. The zero-order chi connectivity index (χ0) is 12.5. The molecule has 5 heteroatoms. The van der Waals surface area contributed by atoms with Crippen LogP contribution in [-0.4, -0.2) is 20.9 Å². The topological polar surface area (TPSA) is 81.8 Å². The third kappa shape index (κ3) is 1.95. The number of carbonyl (C=O) groups is 1. The molecule has 2 aromatic heterocycles. The lowest BCUT2D eigenvalue weighted by Gasteiger charge is -2.05. The fourth-order valence-corrected chi connectivity index (χ4v) is 1.88. The van der Waals surface area contributed by atoms with Crippen LogP contribution in [0.5, 0.6) is 0 Å². The number of pyridine rings is 1. The van der Waals surface area contributed by atoms with Crippen LogP contribution in [-0.2, 0) is 0 Å². The number of hydrogen-bond acceptors (Lipinski definition) is 4. The van der Waals surface area contributed by atoms with Crippen molar-refractivity contribution in [3.05, 3.63) is 42.1 Å². The Bertz CT molecular complexity index is 590. The molecular weight excluding hydrogens is 228 g/mol. The SMILES string of the molecule is NC(=O)c1ncccc1-c1cnc(C2CC2)cn1. The maximum Gasteiger partial charge on any atom is 0.268 e. The monoisotopic (exact) mass is 240 g/mol. The number of aromatic nitrogens is 3. The molecule has 0 atom stereocenters. The van der Waals surface area contributed by atoms with E-state index >= 15 is 0 Å². The van der Waals surface area contributed by atoms with Gasteiger partial charge in [0.2, 0.25) is 0 Å². The van der Waals surface area contributed by atoms with Crippen LogP contribution in [0.2, 0.25) is 0 Å². The van der Waals surface area contributed by atoms with Crippen molar-refractivity contribution in [3.63, 3.8) is 0 Å². The number of rotatable bonds is 3. The van der Waals surface area contributed by atoms with Crippen LogP contribution in [0, 0.1) is 0 Å². The Labute approximate surface area is 104 Å². The molecule has 0 aromatic carbocycles.